The molecule has 1 aliphatic rings. The minimum Gasteiger partial charge on any atom is -0.369 e. The molecule has 3 heteroatoms. The smallest absolute Gasteiger partial charge is 0.224 e. The van der Waals surface area contributed by atoms with Crippen molar-refractivity contribution in [3.63, 3.8) is 0 Å². The second-order valence-electron chi connectivity index (χ2n) is 5.26. The largest absolute Gasteiger partial charge is 0.369 e. The number of rotatable bonds is 3. The molecule has 0 aromatic heterocycles. The maximum Gasteiger partial charge on any atom is 0.224 e. The van der Waals surface area contributed by atoms with Gasteiger partial charge in [-0.2, -0.15) is 0 Å². The number of carbonyl (C=O) groups is 1. The van der Waals surface area contributed by atoms with Crippen LogP contribution in [0.5, 0.6) is 0 Å². The maximum absolute atomic E-state index is 11.3. The predicted octanol–water partition coefficient (Wildman–Crippen LogP) is 2.05. The van der Waals surface area contributed by atoms with E-state index in [1.54, 1.807) is 0 Å². The molecule has 1 unspecified atom stereocenters. The lowest BCUT2D eigenvalue weighted by atomic mass is 9.85. The number of carbonyl (C=O) groups excluding carboxylic acids is 1. The number of primary amides is 1. The van der Waals surface area contributed by atoms with Crippen LogP contribution in [0, 0.1) is 6.92 Å². The third-order valence-corrected chi connectivity index (χ3v) is 4.01. The Kier molecular flexibility index (Phi) is 4.02. The third kappa shape index (κ3) is 2.72. The Labute approximate surface area is 109 Å². The van der Waals surface area contributed by atoms with Gasteiger partial charge in [0.05, 0.1) is 5.92 Å². The lowest BCUT2D eigenvalue weighted by Crippen LogP contribution is -2.27. The second-order valence-corrected chi connectivity index (χ2v) is 5.26. The van der Waals surface area contributed by atoms with Crippen LogP contribution in [0.25, 0.3) is 0 Å². The number of hydrogen-bond donors (Lipinski definition) is 2. The Balaban J connectivity index is 2.28. The zero-order valence-corrected chi connectivity index (χ0v) is 11.2. The Morgan fingerprint density at radius 2 is 2.06 bits per heavy atom. The van der Waals surface area contributed by atoms with E-state index in [4.69, 9.17) is 5.73 Å². The van der Waals surface area contributed by atoms with Crippen molar-refractivity contribution in [1.82, 2.24) is 5.32 Å². The van der Waals surface area contributed by atoms with E-state index >= 15 is 0 Å². The molecule has 0 bridgehead atoms. The highest BCUT2D eigenvalue weighted by Gasteiger charge is 2.19. The molecular formula is C15H22N2O. The molecule has 1 atom stereocenters. The van der Waals surface area contributed by atoms with E-state index < -0.39 is 0 Å². The zero-order valence-electron chi connectivity index (χ0n) is 11.2. The van der Waals surface area contributed by atoms with Gasteiger partial charge in [-0.3, -0.25) is 4.79 Å². The van der Waals surface area contributed by atoms with Crippen LogP contribution >= 0.6 is 0 Å². The molecule has 2 rings (SSSR count). The summed E-state index contributed by atoms with van der Waals surface area (Å²) in [7, 11) is 0. The van der Waals surface area contributed by atoms with E-state index in [9.17, 15) is 4.79 Å². The monoisotopic (exact) mass is 246 g/mol. The van der Waals surface area contributed by atoms with Gasteiger partial charge in [0.25, 0.3) is 0 Å². The van der Waals surface area contributed by atoms with E-state index in [1.165, 1.54) is 24.0 Å². The number of nitrogens with one attached hydrogen (secondary N) is 1. The fourth-order valence-corrected chi connectivity index (χ4v) is 2.67. The minimum absolute atomic E-state index is 0.203. The van der Waals surface area contributed by atoms with Gasteiger partial charge in [0.15, 0.2) is 0 Å². The summed E-state index contributed by atoms with van der Waals surface area (Å²) in [6.07, 6.45) is 2.35. The van der Waals surface area contributed by atoms with Crippen LogP contribution in [0.2, 0.25) is 0 Å². The van der Waals surface area contributed by atoms with Gasteiger partial charge in [0.1, 0.15) is 0 Å². The average molecular weight is 246 g/mol. The fraction of sp³-hybridized carbons (Fsp3) is 0.533. The molecule has 1 saturated heterocycles. The topological polar surface area (TPSA) is 55.1 Å². The Bertz CT molecular complexity index is 436. The summed E-state index contributed by atoms with van der Waals surface area (Å²) in [6, 6.07) is 6.32. The van der Waals surface area contributed by atoms with Gasteiger partial charge in [-0.05, 0) is 62.4 Å². The summed E-state index contributed by atoms with van der Waals surface area (Å²) in [5.74, 6) is 0.160. The van der Waals surface area contributed by atoms with Crippen LogP contribution in [-0.2, 0) is 4.79 Å². The molecule has 1 heterocycles. The molecule has 0 saturated carbocycles. The highest BCUT2D eigenvalue weighted by Crippen LogP contribution is 2.30. The quantitative estimate of drug-likeness (QED) is 0.857. The maximum atomic E-state index is 11.3. The van der Waals surface area contributed by atoms with Crippen LogP contribution in [0.15, 0.2) is 18.2 Å². The van der Waals surface area contributed by atoms with Crippen molar-refractivity contribution in [1.29, 1.82) is 0 Å². The molecule has 0 aliphatic carbocycles. The number of aryl methyl sites for hydroxylation is 1. The van der Waals surface area contributed by atoms with Gasteiger partial charge in [0, 0.05) is 0 Å². The van der Waals surface area contributed by atoms with Gasteiger partial charge < -0.3 is 11.1 Å². The van der Waals surface area contributed by atoms with Crippen LogP contribution in [0.3, 0.4) is 0 Å². The van der Waals surface area contributed by atoms with Crippen molar-refractivity contribution >= 4 is 5.91 Å². The molecule has 3 nitrogen and oxygen atoms in total. The van der Waals surface area contributed by atoms with E-state index in [0.29, 0.717) is 5.92 Å². The van der Waals surface area contributed by atoms with Crippen molar-refractivity contribution in [2.45, 2.75) is 38.5 Å². The molecule has 0 radical (unpaired) electrons. The standard InChI is InChI=1S/C15H22N2O/c1-10-3-4-13(11(2)15(16)18)9-14(10)12-5-7-17-8-6-12/h3-4,9,11-12,17H,5-8H2,1-2H3,(H2,16,18). The van der Waals surface area contributed by atoms with Gasteiger partial charge in [-0.25, -0.2) is 0 Å². The lowest BCUT2D eigenvalue weighted by molar-refractivity contribution is -0.119. The number of benzene rings is 1. The van der Waals surface area contributed by atoms with Gasteiger partial charge in [-0.1, -0.05) is 18.2 Å². The normalized spacial score (nSPS) is 18.6. The SMILES string of the molecule is Cc1ccc(C(C)C(N)=O)cc1C1CCNCC1. The minimum atomic E-state index is -0.255. The lowest BCUT2D eigenvalue weighted by Gasteiger charge is -2.25. The molecule has 1 aromatic rings. The van der Waals surface area contributed by atoms with Crippen molar-refractivity contribution in [2.24, 2.45) is 5.73 Å². The highest BCUT2D eigenvalue weighted by atomic mass is 16.1. The molecule has 1 amide bonds. The summed E-state index contributed by atoms with van der Waals surface area (Å²) < 4.78 is 0. The number of amides is 1. The first kappa shape index (κ1) is 13.1. The van der Waals surface area contributed by atoms with E-state index in [2.05, 4.69) is 24.4 Å². The Morgan fingerprint density at radius 3 is 2.67 bits per heavy atom. The summed E-state index contributed by atoms with van der Waals surface area (Å²) in [5, 5.41) is 3.39. The van der Waals surface area contributed by atoms with Crippen LogP contribution in [0.1, 0.15) is 48.3 Å². The molecule has 1 aliphatic heterocycles. The van der Waals surface area contributed by atoms with Crippen LogP contribution in [-0.4, -0.2) is 19.0 Å². The first-order valence-corrected chi connectivity index (χ1v) is 6.70. The summed E-state index contributed by atoms with van der Waals surface area (Å²) in [5.41, 5.74) is 9.14. The number of hydrogen-bond acceptors (Lipinski definition) is 2. The third-order valence-electron chi connectivity index (χ3n) is 4.01. The van der Waals surface area contributed by atoms with E-state index in [1.807, 2.05) is 13.0 Å². The predicted molar refractivity (Wildman–Crippen MR) is 73.6 cm³/mol. The Morgan fingerprint density at radius 1 is 1.39 bits per heavy atom. The molecular weight excluding hydrogens is 224 g/mol. The van der Waals surface area contributed by atoms with Crippen LogP contribution in [0.4, 0.5) is 0 Å². The fourth-order valence-electron chi connectivity index (χ4n) is 2.67. The second kappa shape index (κ2) is 5.53. The van der Waals surface area contributed by atoms with Gasteiger partial charge >= 0.3 is 0 Å². The first-order valence-electron chi connectivity index (χ1n) is 6.70. The molecule has 3 N–H and O–H groups in total. The number of piperidine rings is 1. The first-order chi connectivity index (χ1) is 8.59. The van der Waals surface area contributed by atoms with Crippen molar-refractivity contribution < 1.29 is 4.79 Å². The highest BCUT2D eigenvalue weighted by molar-refractivity contribution is 5.81. The number of nitrogens with two attached hydrogens (primary N) is 1. The van der Waals surface area contributed by atoms with Crippen molar-refractivity contribution in [3.8, 4) is 0 Å². The molecule has 1 aromatic carbocycles. The van der Waals surface area contributed by atoms with Gasteiger partial charge in [0.2, 0.25) is 5.91 Å². The molecule has 18 heavy (non-hydrogen) atoms. The van der Waals surface area contributed by atoms with E-state index in [0.717, 1.165) is 18.7 Å². The van der Waals surface area contributed by atoms with Crippen LogP contribution < -0.4 is 11.1 Å². The summed E-state index contributed by atoms with van der Waals surface area (Å²) in [4.78, 5) is 11.3. The van der Waals surface area contributed by atoms with Crippen molar-refractivity contribution in [3.05, 3.63) is 34.9 Å². The Hall–Kier alpha value is -1.35. The zero-order chi connectivity index (χ0) is 13.1. The summed E-state index contributed by atoms with van der Waals surface area (Å²) >= 11 is 0. The molecule has 1 fully saturated rings. The van der Waals surface area contributed by atoms with E-state index in [-0.39, 0.29) is 11.8 Å². The van der Waals surface area contributed by atoms with Gasteiger partial charge in [-0.15, -0.1) is 0 Å². The molecule has 0 spiro atoms. The average Bonchev–Trinajstić information content (AvgIpc) is 2.39. The molecule has 98 valence electrons. The van der Waals surface area contributed by atoms with Crippen molar-refractivity contribution in [2.75, 3.05) is 13.1 Å². The summed E-state index contributed by atoms with van der Waals surface area (Å²) in [6.45, 7) is 6.19.